The normalized spacial score (nSPS) is 24.8. The lowest BCUT2D eigenvalue weighted by Gasteiger charge is -2.27. The molecule has 0 spiro atoms. The summed E-state index contributed by atoms with van der Waals surface area (Å²) in [6.07, 6.45) is 1.26. The Labute approximate surface area is 125 Å². The average Bonchev–Trinajstić information content (AvgIpc) is 2.84. The number of carboxylic acids is 1. The fourth-order valence-electron chi connectivity index (χ4n) is 3.35. The lowest BCUT2D eigenvalue weighted by molar-refractivity contribution is -0.145. The maximum Gasteiger partial charge on any atom is 0.307 e. The highest BCUT2D eigenvalue weighted by Crippen LogP contribution is 2.38. The van der Waals surface area contributed by atoms with E-state index in [2.05, 4.69) is 0 Å². The summed E-state index contributed by atoms with van der Waals surface area (Å²) in [5.74, 6) is -1.57. The first-order valence-corrected chi connectivity index (χ1v) is 7.55. The van der Waals surface area contributed by atoms with E-state index in [1.54, 1.807) is 4.90 Å². The van der Waals surface area contributed by atoms with Crippen molar-refractivity contribution in [1.82, 2.24) is 0 Å². The Morgan fingerprint density at radius 3 is 2.43 bits per heavy atom. The molecular weight excluding hydrogens is 266 g/mol. The maximum absolute atomic E-state index is 12.9. The molecule has 3 unspecified atom stereocenters. The van der Waals surface area contributed by atoms with Crippen molar-refractivity contribution in [3.8, 4) is 0 Å². The second kappa shape index (κ2) is 6.29. The lowest BCUT2D eigenvalue weighted by Crippen LogP contribution is -2.39. The second-order valence-electron chi connectivity index (χ2n) is 6.00. The zero-order valence-corrected chi connectivity index (χ0v) is 12.9. The topological polar surface area (TPSA) is 57.6 Å². The number of carboxylic acid groups (broad SMARTS) is 1. The summed E-state index contributed by atoms with van der Waals surface area (Å²) in [4.78, 5) is 26.0. The third-order valence-corrected chi connectivity index (χ3v) is 4.42. The SMILES string of the molecule is CCN(C(=O)C1CC(C)CC1C(=O)O)c1ccccc1C. The van der Waals surface area contributed by atoms with E-state index in [9.17, 15) is 14.7 Å². The van der Waals surface area contributed by atoms with Crippen LogP contribution in [0.3, 0.4) is 0 Å². The van der Waals surface area contributed by atoms with E-state index in [0.717, 1.165) is 11.3 Å². The van der Waals surface area contributed by atoms with E-state index >= 15 is 0 Å². The highest BCUT2D eigenvalue weighted by molar-refractivity contribution is 5.98. The molecule has 4 heteroatoms. The number of carbonyl (C=O) groups is 2. The fourth-order valence-corrected chi connectivity index (χ4v) is 3.35. The Morgan fingerprint density at radius 2 is 1.86 bits per heavy atom. The van der Waals surface area contributed by atoms with Crippen LogP contribution in [0, 0.1) is 24.7 Å². The van der Waals surface area contributed by atoms with Crippen LogP contribution in [0.4, 0.5) is 5.69 Å². The van der Waals surface area contributed by atoms with E-state index in [4.69, 9.17) is 0 Å². The molecule has 1 N–H and O–H groups in total. The van der Waals surface area contributed by atoms with Gasteiger partial charge < -0.3 is 10.0 Å². The molecular formula is C17H23NO3. The molecule has 1 aliphatic rings. The number of rotatable bonds is 4. The van der Waals surface area contributed by atoms with E-state index in [0.29, 0.717) is 19.4 Å². The first-order chi connectivity index (χ1) is 9.95. The Morgan fingerprint density at radius 1 is 1.24 bits per heavy atom. The van der Waals surface area contributed by atoms with Crippen LogP contribution in [0.25, 0.3) is 0 Å². The van der Waals surface area contributed by atoms with Crippen molar-refractivity contribution < 1.29 is 14.7 Å². The molecule has 0 aromatic heterocycles. The van der Waals surface area contributed by atoms with E-state index in [-0.39, 0.29) is 11.8 Å². The van der Waals surface area contributed by atoms with Gasteiger partial charge in [-0.15, -0.1) is 0 Å². The van der Waals surface area contributed by atoms with Crippen LogP contribution in [0.5, 0.6) is 0 Å². The smallest absolute Gasteiger partial charge is 0.307 e. The zero-order valence-electron chi connectivity index (χ0n) is 12.9. The summed E-state index contributed by atoms with van der Waals surface area (Å²) < 4.78 is 0. The number of carbonyl (C=O) groups excluding carboxylic acids is 1. The van der Waals surface area contributed by atoms with Crippen molar-refractivity contribution in [3.63, 3.8) is 0 Å². The largest absolute Gasteiger partial charge is 0.481 e. The van der Waals surface area contributed by atoms with Crippen LogP contribution < -0.4 is 4.90 Å². The number of amides is 1. The van der Waals surface area contributed by atoms with Crippen LogP contribution in [-0.2, 0) is 9.59 Å². The average molecular weight is 289 g/mol. The van der Waals surface area contributed by atoms with Crippen LogP contribution in [0.15, 0.2) is 24.3 Å². The quantitative estimate of drug-likeness (QED) is 0.926. The summed E-state index contributed by atoms with van der Waals surface area (Å²) in [5.41, 5.74) is 1.92. The van der Waals surface area contributed by atoms with Gasteiger partial charge >= 0.3 is 5.97 Å². The minimum atomic E-state index is -0.849. The molecule has 1 aliphatic carbocycles. The number of hydrogen-bond acceptors (Lipinski definition) is 2. The first kappa shape index (κ1) is 15.5. The molecule has 0 bridgehead atoms. The van der Waals surface area contributed by atoms with E-state index in [1.165, 1.54) is 0 Å². The summed E-state index contributed by atoms with van der Waals surface area (Å²) in [6, 6.07) is 7.74. The number of para-hydroxylation sites is 1. The Bertz CT molecular complexity index is 541. The molecule has 114 valence electrons. The molecule has 0 saturated heterocycles. The van der Waals surface area contributed by atoms with Gasteiger partial charge in [-0.1, -0.05) is 25.1 Å². The Balaban J connectivity index is 2.28. The molecule has 0 radical (unpaired) electrons. The maximum atomic E-state index is 12.9. The highest BCUT2D eigenvalue weighted by Gasteiger charge is 2.42. The lowest BCUT2D eigenvalue weighted by atomic mass is 9.94. The van der Waals surface area contributed by atoms with Gasteiger partial charge in [-0.3, -0.25) is 9.59 Å². The molecule has 4 nitrogen and oxygen atoms in total. The zero-order chi connectivity index (χ0) is 15.6. The van der Waals surface area contributed by atoms with Gasteiger partial charge in [0, 0.05) is 12.2 Å². The molecule has 21 heavy (non-hydrogen) atoms. The standard InChI is InChI=1S/C17H23NO3/c1-4-18(15-8-6-5-7-12(15)3)16(19)13-9-11(2)10-14(13)17(20)21/h5-8,11,13-14H,4,9-10H2,1-3H3,(H,20,21). The van der Waals surface area contributed by atoms with E-state index in [1.807, 2.05) is 45.0 Å². The van der Waals surface area contributed by atoms with Crippen LogP contribution >= 0.6 is 0 Å². The van der Waals surface area contributed by atoms with Gasteiger partial charge in [0.2, 0.25) is 5.91 Å². The van der Waals surface area contributed by atoms with Gasteiger partial charge in [-0.05, 0) is 44.2 Å². The number of benzene rings is 1. The summed E-state index contributed by atoms with van der Waals surface area (Å²) >= 11 is 0. The van der Waals surface area contributed by atoms with Gasteiger partial charge in [0.15, 0.2) is 0 Å². The molecule has 0 heterocycles. The fraction of sp³-hybridized carbons (Fsp3) is 0.529. The summed E-state index contributed by atoms with van der Waals surface area (Å²) in [7, 11) is 0. The van der Waals surface area contributed by atoms with Crippen molar-refractivity contribution >= 4 is 17.6 Å². The van der Waals surface area contributed by atoms with Crippen molar-refractivity contribution in [1.29, 1.82) is 0 Å². The summed E-state index contributed by atoms with van der Waals surface area (Å²) in [5, 5.41) is 9.36. The summed E-state index contributed by atoms with van der Waals surface area (Å²) in [6.45, 7) is 6.48. The van der Waals surface area contributed by atoms with Gasteiger partial charge in [-0.2, -0.15) is 0 Å². The molecule has 1 fully saturated rings. The van der Waals surface area contributed by atoms with E-state index < -0.39 is 17.8 Å². The second-order valence-corrected chi connectivity index (χ2v) is 6.00. The molecule has 1 aromatic rings. The minimum absolute atomic E-state index is 0.0523. The van der Waals surface area contributed by atoms with Crippen LogP contribution in [0.2, 0.25) is 0 Å². The van der Waals surface area contributed by atoms with Crippen molar-refractivity contribution in [2.45, 2.75) is 33.6 Å². The molecule has 2 rings (SSSR count). The molecule has 1 aromatic carbocycles. The predicted octanol–water partition coefficient (Wildman–Crippen LogP) is 3.09. The first-order valence-electron chi connectivity index (χ1n) is 7.55. The molecule has 3 atom stereocenters. The van der Waals surface area contributed by atoms with Gasteiger partial charge in [-0.25, -0.2) is 0 Å². The van der Waals surface area contributed by atoms with Gasteiger partial charge in [0.25, 0.3) is 0 Å². The van der Waals surface area contributed by atoms with Gasteiger partial charge in [0.05, 0.1) is 11.8 Å². The van der Waals surface area contributed by atoms with Crippen molar-refractivity contribution in [3.05, 3.63) is 29.8 Å². The van der Waals surface area contributed by atoms with Crippen molar-refractivity contribution in [2.75, 3.05) is 11.4 Å². The number of anilines is 1. The molecule has 1 saturated carbocycles. The van der Waals surface area contributed by atoms with Crippen molar-refractivity contribution in [2.24, 2.45) is 17.8 Å². The number of nitrogens with zero attached hydrogens (tertiary/aromatic N) is 1. The Kier molecular flexibility index (Phi) is 4.66. The molecule has 1 amide bonds. The number of aryl methyl sites for hydroxylation is 1. The monoisotopic (exact) mass is 289 g/mol. The number of aliphatic carboxylic acids is 1. The van der Waals surface area contributed by atoms with Crippen LogP contribution in [0.1, 0.15) is 32.3 Å². The van der Waals surface area contributed by atoms with Crippen LogP contribution in [-0.4, -0.2) is 23.5 Å². The molecule has 0 aliphatic heterocycles. The predicted molar refractivity (Wildman–Crippen MR) is 82.2 cm³/mol. The third kappa shape index (κ3) is 3.09. The minimum Gasteiger partial charge on any atom is -0.481 e. The van der Waals surface area contributed by atoms with Gasteiger partial charge in [0.1, 0.15) is 0 Å². The third-order valence-electron chi connectivity index (χ3n) is 4.42. The highest BCUT2D eigenvalue weighted by atomic mass is 16.4. The Hall–Kier alpha value is -1.84. The number of hydrogen-bond donors (Lipinski definition) is 1.